The third-order valence-corrected chi connectivity index (χ3v) is 6.51. The van der Waals surface area contributed by atoms with Crippen molar-refractivity contribution in [3.05, 3.63) is 24.0 Å². The standard InChI is InChI=1S/C20H30N2O3/c1-21-9-2-3-18(21)19(23)22-10-6-20(7-11-22)8-12-24-14-17(20)15-25-13-16-4-5-16/h2-3,9,16-17H,4-8,10-15H2,1H3. The first-order chi connectivity index (χ1) is 12.2. The second-order valence-electron chi connectivity index (χ2n) is 8.16. The molecule has 2 aliphatic heterocycles. The van der Waals surface area contributed by atoms with Crippen LogP contribution in [0.1, 0.15) is 42.6 Å². The summed E-state index contributed by atoms with van der Waals surface area (Å²) in [6, 6.07) is 3.85. The molecule has 1 aliphatic carbocycles. The fourth-order valence-corrected chi connectivity index (χ4v) is 4.43. The molecular formula is C20H30N2O3. The van der Waals surface area contributed by atoms with Gasteiger partial charge in [-0.1, -0.05) is 0 Å². The second kappa shape index (κ2) is 7.12. The Bertz CT molecular complexity index is 600. The predicted octanol–water partition coefficient (Wildman–Crippen LogP) is 2.71. The van der Waals surface area contributed by atoms with Crippen molar-refractivity contribution >= 4 is 5.91 Å². The SMILES string of the molecule is Cn1cccc1C(=O)N1CCC2(CCOCC2COCC2CC2)CC1. The molecule has 5 heteroatoms. The maximum Gasteiger partial charge on any atom is 0.270 e. The van der Waals surface area contributed by atoms with Crippen molar-refractivity contribution in [2.75, 3.05) is 39.5 Å². The van der Waals surface area contributed by atoms with Gasteiger partial charge in [-0.2, -0.15) is 0 Å². The summed E-state index contributed by atoms with van der Waals surface area (Å²) < 4.78 is 13.7. The zero-order valence-corrected chi connectivity index (χ0v) is 15.3. The van der Waals surface area contributed by atoms with E-state index in [1.165, 1.54) is 12.8 Å². The van der Waals surface area contributed by atoms with Gasteiger partial charge in [0.1, 0.15) is 5.69 Å². The van der Waals surface area contributed by atoms with E-state index in [0.717, 1.165) is 70.4 Å². The van der Waals surface area contributed by atoms with Crippen LogP contribution in [0.4, 0.5) is 0 Å². The highest BCUT2D eigenvalue weighted by Crippen LogP contribution is 2.45. The molecule has 0 bridgehead atoms. The summed E-state index contributed by atoms with van der Waals surface area (Å²) in [5.74, 6) is 1.45. The Morgan fingerprint density at radius 3 is 2.76 bits per heavy atom. The first-order valence-corrected chi connectivity index (χ1v) is 9.74. The second-order valence-corrected chi connectivity index (χ2v) is 8.16. The van der Waals surface area contributed by atoms with Gasteiger partial charge in [-0.15, -0.1) is 0 Å². The van der Waals surface area contributed by atoms with Gasteiger partial charge in [0.25, 0.3) is 5.91 Å². The van der Waals surface area contributed by atoms with Gasteiger partial charge in [0, 0.05) is 45.5 Å². The number of piperidine rings is 1. The molecule has 0 radical (unpaired) electrons. The van der Waals surface area contributed by atoms with Crippen molar-refractivity contribution in [2.45, 2.75) is 32.1 Å². The quantitative estimate of drug-likeness (QED) is 0.823. The van der Waals surface area contributed by atoms with E-state index >= 15 is 0 Å². The van der Waals surface area contributed by atoms with E-state index in [1.807, 2.05) is 34.8 Å². The molecule has 2 saturated heterocycles. The maximum atomic E-state index is 12.7. The number of hydrogen-bond acceptors (Lipinski definition) is 3. The number of nitrogens with zero attached hydrogens (tertiary/aromatic N) is 2. The third kappa shape index (κ3) is 3.63. The van der Waals surface area contributed by atoms with Crippen LogP contribution in [0.15, 0.2) is 18.3 Å². The van der Waals surface area contributed by atoms with Crippen LogP contribution in [0.2, 0.25) is 0 Å². The van der Waals surface area contributed by atoms with Crippen LogP contribution in [0.25, 0.3) is 0 Å². The van der Waals surface area contributed by atoms with Gasteiger partial charge in [0.05, 0.1) is 13.2 Å². The Morgan fingerprint density at radius 1 is 1.28 bits per heavy atom. The average molecular weight is 346 g/mol. The number of carbonyl (C=O) groups excluding carboxylic acids is 1. The van der Waals surface area contributed by atoms with Crippen molar-refractivity contribution in [2.24, 2.45) is 24.3 Å². The van der Waals surface area contributed by atoms with E-state index in [1.54, 1.807) is 0 Å². The van der Waals surface area contributed by atoms with Crippen molar-refractivity contribution in [3.8, 4) is 0 Å². The lowest BCUT2D eigenvalue weighted by Gasteiger charge is -2.49. The Morgan fingerprint density at radius 2 is 2.08 bits per heavy atom. The molecule has 138 valence electrons. The summed E-state index contributed by atoms with van der Waals surface area (Å²) in [5.41, 5.74) is 1.08. The zero-order valence-electron chi connectivity index (χ0n) is 15.3. The number of amides is 1. The topological polar surface area (TPSA) is 43.7 Å². The molecule has 25 heavy (non-hydrogen) atoms. The molecule has 1 saturated carbocycles. The molecule has 3 heterocycles. The molecule has 4 rings (SSSR count). The molecule has 1 spiro atoms. The molecule has 0 aromatic carbocycles. The number of rotatable bonds is 5. The van der Waals surface area contributed by atoms with E-state index in [-0.39, 0.29) is 5.91 Å². The van der Waals surface area contributed by atoms with Crippen LogP contribution in [0.3, 0.4) is 0 Å². The summed E-state index contributed by atoms with van der Waals surface area (Å²) in [4.78, 5) is 14.8. The number of aryl methyl sites for hydroxylation is 1. The summed E-state index contributed by atoms with van der Waals surface area (Å²) in [7, 11) is 1.93. The van der Waals surface area contributed by atoms with Crippen LogP contribution < -0.4 is 0 Å². The van der Waals surface area contributed by atoms with E-state index in [0.29, 0.717) is 11.3 Å². The number of ether oxygens (including phenoxy) is 2. The molecule has 1 aromatic heterocycles. The average Bonchev–Trinajstić information content (AvgIpc) is 3.36. The monoisotopic (exact) mass is 346 g/mol. The zero-order chi connectivity index (χ0) is 17.3. The Labute approximate surface area is 150 Å². The molecule has 3 aliphatic rings. The van der Waals surface area contributed by atoms with Crippen molar-refractivity contribution in [1.29, 1.82) is 0 Å². The Kier molecular flexibility index (Phi) is 4.87. The lowest BCUT2D eigenvalue weighted by Crippen LogP contribution is -2.50. The molecule has 1 aromatic rings. The largest absolute Gasteiger partial charge is 0.381 e. The molecule has 1 unspecified atom stereocenters. The fraction of sp³-hybridized carbons (Fsp3) is 0.750. The van der Waals surface area contributed by atoms with Crippen LogP contribution in [-0.2, 0) is 16.5 Å². The number of likely N-dealkylation sites (tertiary alicyclic amines) is 1. The fourth-order valence-electron chi connectivity index (χ4n) is 4.43. The normalized spacial score (nSPS) is 26.1. The van der Waals surface area contributed by atoms with E-state index in [9.17, 15) is 4.79 Å². The summed E-state index contributed by atoms with van der Waals surface area (Å²) in [6.07, 6.45) is 7.86. The van der Waals surface area contributed by atoms with E-state index in [4.69, 9.17) is 9.47 Å². The minimum Gasteiger partial charge on any atom is -0.381 e. The van der Waals surface area contributed by atoms with Gasteiger partial charge in [0.15, 0.2) is 0 Å². The van der Waals surface area contributed by atoms with Gasteiger partial charge in [-0.25, -0.2) is 0 Å². The van der Waals surface area contributed by atoms with Gasteiger partial charge in [-0.3, -0.25) is 4.79 Å². The van der Waals surface area contributed by atoms with Gasteiger partial charge < -0.3 is 18.9 Å². The highest BCUT2D eigenvalue weighted by molar-refractivity contribution is 5.92. The summed E-state index contributed by atoms with van der Waals surface area (Å²) in [5, 5.41) is 0. The molecule has 0 N–H and O–H groups in total. The first-order valence-electron chi connectivity index (χ1n) is 9.74. The van der Waals surface area contributed by atoms with Crippen LogP contribution >= 0.6 is 0 Å². The van der Waals surface area contributed by atoms with Crippen LogP contribution in [0, 0.1) is 17.3 Å². The number of aromatic nitrogens is 1. The number of hydrogen-bond donors (Lipinski definition) is 0. The van der Waals surface area contributed by atoms with Crippen molar-refractivity contribution in [1.82, 2.24) is 9.47 Å². The van der Waals surface area contributed by atoms with E-state index < -0.39 is 0 Å². The van der Waals surface area contributed by atoms with Gasteiger partial charge in [-0.05, 0) is 55.6 Å². The highest BCUT2D eigenvalue weighted by atomic mass is 16.5. The molecule has 5 nitrogen and oxygen atoms in total. The molecule has 3 fully saturated rings. The van der Waals surface area contributed by atoms with E-state index in [2.05, 4.69) is 0 Å². The Hall–Kier alpha value is -1.33. The minimum atomic E-state index is 0.163. The highest BCUT2D eigenvalue weighted by Gasteiger charge is 2.44. The minimum absolute atomic E-state index is 0.163. The maximum absolute atomic E-state index is 12.7. The Balaban J connectivity index is 1.36. The van der Waals surface area contributed by atoms with Crippen molar-refractivity contribution in [3.63, 3.8) is 0 Å². The molecule has 1 amide bonds. The summed E-state index contributed by atoms with van der Waals surface area (Å²) in [6.45, 7) is 5.11. The summed E-state index contributed by atoms with van der Waals surface area (Å²) >= 11 is 0. The van der Waals surface area contributed by atoms with Crippen LogP contribution in [0.5, 0.6) is 0 Å². The predicted molar refractivity (Wildman–Crippen MR) is 95.5 cm³/mol. The third-order valence-electron chi connectivity index (χ3n) is 6.51. The van der Waals surface area contributed by atoms with Gasteiger partial charge >= 0.3 is 0 Å². The lowest BCUT2D eigenvalue weighted by atomic mass is 9.66. The molecular weight excluding hydrogens is 316 g/mol. The molecule has 1 atom stereocenters. The van der Waals surface area contributed by atoms with Gasteiger partial charge in [0.2, 0.25) is 0 Å². The lowest BCUT2D eigenvalue weighted by molar-refractivity contribution is -0.0976. The van der Waals surface area contributed by atoms with Crippen molar-refractivity contribution < 1.29 is 14.3 Å². The smallest absolute Gasteiger partial charge is 0.270 e. The first kappa shape index (κ1) is 17.1. The number of carbonyl (C=O) groups is 1. The van der Waals surface area contributed by atoms with Crippen LogP contribution in [-0.4, -0.2) is 54.9 Å².